The first-order chi connectivity index (χ1) is 16.5. The van der Waals surface area contributed by atoms with Crippen LogP contribution < -0.4 is 15.5 Å². The van der Waals surface area contributed by atoms with E-state index in [4.69, 9.17) is 10.4 Å². The van der Waals surface area contributed by atoms with Crippen molar-refractivity contribution in [2.45, 2.75) is 70.4 Å². The molecule has 1 aromatic rings. The van der Waals surface area contributed by atoms with E-state index in [-0.39, 0.29) is 17.7 Å². The fourth-order valence-corrected chi connectivity index (χ4v) is 5.59. The zero-order chi connectivity index (χ0) is 23.9. The van der Waals surface area contributed by atoms with Crippen LogP contribution in [0.4, 0.5) is 11.6 Å². The van der Waals surface area contributed by atoms with E-state index >= 15 is 0 Å². The highest BCUT2D eigenvalue weighted by Crippen LogP contribution is 2.23. The number of nitrogens with zero attached hydrogens (tertiary/aromatic N) is 4. The van der Waals surface area contributed by atoms with Crippen LogP contribution in [0.25, 0.3) is 0 Å². The van der Waals surface area contributed by atoms with E-state index in [0.717, 1.165) is 64.0 Å². The minimum absolute atomic E-state index is 0.00952. The number of nitrogens with one attached hydrogen (secondary N) is 3. The normalized spacial score (nSPS) is 23.0. The molecule has 8 heteroatoms. The monoisotopic (exact) mass is 469 g/mol. The van der Waals surface area contributed by atoms with Crippen LogP contribution in [0.1, 0.15) is 63.9 Å². The first-order valence-corrected chi connectivity index (χ1v) is 13.3. The summed E-state index contributed by atoms with van der Waals surface area (Å²) >= 11 is 0. The molecule has 34 heavy (non-hydrogen) atoms. The number of hydrogen-bond acceptors (Lipinski definition) is 7. The number of pyridine rings is 1. The number of likely N-dealkylation sites (tertiary alicyclic amines) is 2. The number of hydrogen-bond donors (Lipinski definition) is 3. The highest BCUT2D eigenvalue weighted by atomic mass is 16.1. The molecule has 4 rings (SSSR count). The van der Waals surface area contributed by atoms with Crippen LogP contribution in [0.2, 0.25) is 0 Å². The SMILES string of the molecule is CNc1nc(N2CCCCCC2)ccc1C(=N)C(=O)NC1CCN(CCN2CCCC2C)CC1. The summed E-state index contributed by atoms with van der Waals surface area (Å²) in [5.41, 5.74) is 0.556. The number of anilines is 2. The van der Waals surface area contributed by atoms with Gasteiger partial charge < -0.3 is 20.4 Å². The Morgan fingerprint density at radius 2 is 1.74 bits per heavy atom. The van der Waals surface area contributed by atoms with Crippen molar-refractivity contribution in [3.8, 4) is 0 Å². The van der Waals surface area contributed by atoms with Crippen LogP contribution in [0.3, 0.4) is 0 Å². The number of carbonyl (C=O) groups excluding carboxylic acids is 1. The van der Waals surface area contributed by atoms with E-state index < -0.39 is 0 Å². The summed E-state index contributed by atoms with van der Waals surface area (Å²) in [6.07, 6.45) is 9.46. The van der Waals surface area contributed by atoms with E-state index in [1.54, 1.807) is 0 Å². The quantitative estimate of drug-likeness (QED) is 0.508. The standard InChI is InChI=1S/C26H43N7O/c1-20-8-7-15-32(20)19-18-31-16-11-21(12-17-31)29-26(34)24(27)22-9-10-23(30-25(22)28-2)33-13-5-3-4-6-14-33/h9-10,20-21,27H,3-8,11-19H2,1-2H3,(H,28,30)(H,29,34). The lowest BCUT2D eigenvalue weighted by molar-refractivity contribution is -0.115. The summed E-state index contributed by atoms with van der Waals surface area (Å²) in [6, 6.07) is 4.70. The van der Waals surface area contributed by atoms with Gasteiger partial charge in [-0.1, -0.05) is 12.8 Å². The maximum atomic E-state index is 12.9. The molecule has 3 saturated heterocycles. The van der Waals surface area contributed by atoms with E-state index in [1.165, 1.54) is 45.1 Å². The molecular formula is C26H43N7O. The van der Waals surface area contributed by atoms with Crippen LogP contribution in [-0.2, 0) is 4.79 Å². The van der Waals surface area contributed by atoms with Crippen LogP contribution in [0.15, 0.2) is 12.1 Å². The maximum Gasteiger partial charge on any atom is 0.270 e. The molecule has 0 aliphatic carbocycles. The summed E-state index contributed by atoms with van der Waals surface area (Å²) in [6.45, 7) is 9.88. The second-order valence-corrected chi connectivity index (χ2v) is 10.2. The first-order valence-electron chi connectivity index (χ1n) is 13.3. The van der Waals surface area contributed by atoms with Crippen molar-refractivity contribution in [2.75, 3.05) is 63.1 Å². The third kappa shape index (κ3) is 6.27. The van der Waals surface area contributed by atoms with Crippen LogP contribution in [0.5, 0.6) is 0 Å². The van der Waals surface area contributed by atoms with Gasteiger partial charge >= 0.3 is 0 Å². The molecule has 3 fully saturated rings. The number of rotatable bonds is 8. The zero-order valence-corrected chi connectivity index (χ0v) is 21.1. The second kappa shape index (κ2) is 12.0. The van der Waals surface area contributed by atoms with Crippen molar-refractivity contribution < 1.29 is 4.79 Å². The summed E-state index contributed by atoms with van der Waals surface area (Å²) < 4.78 is 0. The Morgan fingerprint density at radius 1 is 1.00 bits per heavy atom. The third-order valence-corrected chi connectivity index (χ3v) is 7.86. The number of carbonyl (C=O) groups is 1. The fraction of sp³-hybridized carbons (Fsp3) is 0.731. The van der Waals surface area contributed by atoms with Crippen molar-refractivity contribution in [3.05, 3.63) is 17.7 Å². The Kier molecular flexibility index (Phi) is 8.78. The molecule has 8 nitrogen and oxygen atoms in total. The van der Waals surface area contributed by atoms with Gasteiger partial charge in [0.15, 0.2) is 0 Å². The first kappa shape index (κ1) is 24.9. The van der Waals surface area contributed by atoms with Gasteiger partial charge in [-0.15, -0.1) is 0 Å². The predicted molar refractivity (Wildman–Crippen MR) is 139 cm³/mol. The Bertz CT molecular complexity index is 828. The minimum Gasteiger partial charge on any atom is -0.373 e. The van der Waals surface area contributed by atoms with Crippen LogP contribution in [0, 0.1) is 5.41 Å². The highest BCUT2D eigenvalue weighted by molar-refractivity contribution is 6.45. The smallest absolute Gasteiger partial charge is 0.270 e. The zero-order valence-electron chi connectivity index (χ0n) is 21.1. The van der Waals surface area contributed by atoms with Gasteiger partial charge in [-0.3, -0.25) is 15.1 Å². The molecule has 0 radical (unpaired) electrons. The van der Waals surface area contributed by atoms with Crippen molar-refractivity contribution in [3.63, 3.8) is 0 Å². The average Bonchev–Trinajstić information content (AvgIpc) is 3.09. The molecular weight excluding hydrogens is 426 g/mol. The predicted octanol–water partition coefficient (Wildman–Crippen LogP) is 2.94. The Balaban J connectivity index is 1.27. The van der Waals surface area contributed by atoms with Crippen molar-refractivity contribution in [2.24, 2.45) is 0 Å². The molecule has 1 atom stereocenters. The summed E-state index contributed by atoms with van der Waals surface area (Å²) in [5, 5.41) is 14.8. The van der Waals surface area contributed by atoms with Gasteiger partial charge in [0.1, 0.15) is 17.3 Å². The molecule has 3 N–H and O–H groups in total. The molecule has 0 spiro atoms. The Labute approximate surface area is 205 Å². The lowest BCUT2D eigenvalue weighted by Gasteiger charge is -2.34. The fourth-order valence-electron chi connectivity index (χ4n) is 5.59. The van der Waals surface area contributed by atoms with E-state index in [2.05, 4.69) is 32.3 Å². The van der Waals surface area contributed by atoms with Gasteiger partial charge in [-0.2, -0.15) is 0 Å². The highest BCUT2D eigenvalue weighted by Gasteiger charge is 2.26. The van der Waals surface area contributed by atoms with Gasteiger partial charge in [0, 0.05) is 64.0 Å². The lowest BCUT2D eigenvalue weighted by atomic mass is 10.0. The second-order valence-electron chi connectivity index (χ2n) is 10.2. The molecule has 0 saturated carbocycles. The molecule has 0 aromatic carbocycles. The van der Waals surface area contributed by atoms with Gasteiger partial charge in [-0.25, -0.2) is 4.98 Å². The number of aromatic nitrogens is 1. The molecule has 4 heterocycles. The molecule has 1 amide bonds. The van der Waals surface area contributed by atoms with Gasteiger partial charge in [0.25, 0.3) is 5.91 Å². The van der Waals surface area contributed by atoms with Crippen molar-refractivity contribution in [1.82, 2.24) is 20.1 Å². The molecule has 188 valence electrons. The topological polar surface area (TPSA) is 87.6 Å². The van der Waals surface area contributed by atoms with Crippen molar-refractivity contribution >= 4 is 23.3 Å². The average molecular weight is 470 g/mol. The molecule has 0 bridgehead atoms. The van der Waals surface area contributed by atoms with E-state index in [9.17, 15) is 4.79 Å². The Hall–Kier alpha value is -2.19. The largest absolute Gasteiger partial charge is 0.373 e. The maximum absolute atomic E-state index is 12.9. The van der Waals surface area contributed by atoms with Gasteiger partial charge in [-0.05, 0) is 64.1 Å². The van der Waals surface area contributed by atoms with Gasteiger partial charge in [0.05, 0.1) is 0 Å². The third-order valence-electron chi connectivity index (χ3n) is 7.86. The Morgan fingerprint density at radius 3 is 2.38 bits per heavy atom. The number of amides is 1. The van der Waals surface area contributed by atoms with Crippen molar-refractivity contribution in [1.29, 1.82) is 5.41 Å². The summed E-state index contributed by atoms with van der Waals surface area (Å²) in [4.78, 5) is 25.1. The van der Waals surface area contributed by atoms with Crippen LogP contribution >= 0.6 is 0 Å². The molecule has 1 aromatic heterocycles. The summed E-state index contributed by atoms with van der Waals surface area (Å²) in [7, 11) is 1.81. The van der Waals surface area contributed by atoms with E-state index in [1.807, 2.05) is 19.2 Å². The van der Waals surface area contributed by atoms with Gasteiger partial charge in [0.2, 0.25) is 0 Å². The molecule has 3 aliphatic heterocycles. The summed E-state index contributed by atoms with van der Waals surface area (Å²) in [5.74, 6) is 1.23. The molecule has 1 unspecified atom stereocenters. The lowest BCUT2D eigenvalue weighted by Crippen LogP contribution is -2.48. The molecule has 3 aliphatic rings. The minimum atomic E-state index is -0.301. The van der Waals surface area contributed by atoms with Crippen LogP contribution in [-0.4, -0.2) is 91.3 Å². The van der Waals surface area contributed by atoms with E-state index in [0.29, 0.717) is 11.4 Å². The number of piperidine rings is 1.